The molecule has 0 aliphatic carbocycles. The van der Waals surface area contributed by atoms with E-state index in [1.165, 1.54) is 12.1 Å². The lowest BCUT2D eigenvalue weighted by Gasteiger charge is -2.12. The van der Waals surface area contributed by atoms with Crippen molar-refractivity contribution in [1.82, 2.24) is 10.6 Å². The SMILES string of the molecule is CN=C(NCCCCOc1ccc(F)cc1)NCCCOCCOC.I. The van der Waals surface area contributed by atoms with Gasteiger partial charge in [0.1, 0.15) is 11.6 Å². The van der Waals surface area contributed by atoms with E-state index < -0.39 is 0 Å². The number of guanidine groups is 1. The second kappa shape index (κ2) is 17.3. The van der Waals surface area contributed by atoms with Crippen LogP contribution in [-0.2, 0) is 9.47 Å². The normalized spacial score (nSPS) is 11.0. The number of nitrogens with one attached hydrogen (secondary N) is 2. The van der Waals surface area contributed by atoms with Crippen molar-refractivity contribution >= 4 is 29.9 Å². The average Bonchev–Trinajstić information content (AvgIpc) is 2.63. The van der Waals surface area contributed by atoms with Crippen LogP contribution in [0.25, 0.3) is 0 Å². The predicted molar refractivity (Wildman–Crippen MR) is 113 cm³/mol. The Labute approximate surface area is 172 Å². The van der Waals surface area contributed by atoms with E-state index in [4.69, 9.17) is 14.2 Å². The van der Waals surface area contributed by atoms with Crippen LogP contribution in [0.4, 0.5) is 4.39 Å². The summed E-state index contributed by atoms with van der Waals surface area (Å²) in [5.41, 5.74) is 0. The van der Waals surface area contributed by atoms with E-state index in [-0.39, 0.29) is 29.8 Å². The van der Waals surface area contributed by atoms with Gasteiger partial charge in [-0.15, -0.1) is 24.0 Å². The first-order chi connectivity index (χ1) is 12.3. The standard InChI is InChI=1S/C18H30FN3O3.HI/c1-20-18(22-11-5-12-24-15-14-23-2)21-10-3-4-13-25-17-8-6-16(19)7-9-17;/h6-9H,3-5,10-15H2,1-2H3,(H2,20,21,22);1H. The van der Waals surface area contributed by atoms with Crippen molar-refractivity contribution < 1.29 is 18.6 Å². The number of hydrogen-bond acceptors (Lipinski definition) is 4. The zero-order valence-electron chi connectivity index (χ0n) is 15.6. The first kappa shape index (κ1) is 24.9. The fraction of sp³-hybridized carbons (Fsp3) is 0.611. The van der Waals surface area contributed by atoms with Crippen LogP contribution in [0.5, 0.6) is 5.75 Å². The van der Waals surface area contributed by atoms with Gasteiger partial charge in [-0.2, -0.15) is 0 Å². The largest absolute Gasteiger partial charge is 0.494 e. The molecule has 0 bridgehead atoms. The Morgan fingerprint density at radius 2 is 1.65 bits per heavy atom. The van der Waals surface area contributed by atoms with Crippen LogP contribution in [0, 0.1) is 5.82 Å². The number of unbranched alkanes of at least 4 members (excludes halogenated alkanes) is 1. The van der Waals surface area contributed by atoms with Gasteiger partial charge in [0.25, 0.3) is 0 Å². The highest BCUT2D eigenvalue weighted by Gasteiger charge is 1.98. The highest BCUT2D eigenvalue weighted by molar-refractivity contribution is 14.0. The molecular weight excluding hydrogens is 452 g/mol. The van der Waals surface area contributed by atoms with Crippen LogP contribution in [0.1, 0.15) is 19.3 Å². The van der Waals surface area contributed by atoms with Crippen LogP contribution in [0.3, 0.4) is 0 Å². The summed E-state index contributed by atoms with van der Waals surface area (Å²) >= 11 is 0. The molecule has 1 aromatic rings. The smallest absolute Gasteiger partial charge is 0.190 e. The van der Waals surface area contributed by atoms with Crippen LogP contribution in [-0.4, -0.2) is 59.6 Å². The summed E-state index contributed by atoms with van der Waals surface area (Å²) in [5.74, 6) is 1.23. The number of hydrogen-bond donors (Lipinski definition) is 2. The fourth-order valence-electron chi connectivity index (χ4n) is 2.00. The van der Waals surface area contributed by atoms with Gasteiger partial charge in [-0.05, 0) is 43.5 Å². The van der Waals surface area contributed by atoms with Crippen LogP contribution in [0.2, 0.25) is 0 Å². The molecule has 0 heterocycles. The second-order valence-electron chi connectivity index (χ2n) is 5.39. The summed E-state index contributed by atoms with van der Waals surface area (Å²) in [5, 5.41) is 6.50. The third kappa shape index (κ3) is 13.1. The Bertz CT molecular complexity index is 475. The number of rotatable bonds is 13. The van der Waals surface area contributed by atoms with E-state index in [0.29, 0.717) is 32.2 Å². The molecular formula is C18H31FIN3O3. The number of methoxy groups -OCH3 is 1. The Kier molecular flexibility index (Phi) is 16.5. The number of ether oxygens (including phenoxy) is 3. The van der Waals surface area contributed by atoms with Gasteiger partial charge in [0.15, 0.2) is 5.96 Å². The number of benzene rings is 1. The molecule has 0 aliphatic rings. The lowest BCUT2D eigenvalue weighted by molar-refractivity contribution is 0.0698. The van der Waals surface area contributed by atoms with Crippen molar-refractivity contribution in [3.8, 4) is 5.75 Å². The summed E-state index contributed by atoms with van der Waals surface area (Å²) in [7, 11) is 3.41. The van der Waals surface area contributed by atoms with Gasteiger partial charge in [-0.1, -0.05) is 0 Å². The Morgan fingerprint density at radius 3 is 2.31 bits per heavy atom. The Balaban J connectivity index is 0.00000625. The Hall–Kier alpha value is -1.13. The molecule has 0 spiro atoms. The van der Waals surface area contributed by atoms with Crippen LogP contribution in [0.15, 0.2) is 29.3 Å². The average molecular weight is 483 g/mol. The highest BCUT2D eigenvalue weighted by Crippen LogP contribution is 2.11. The fourth-order valence-corrected chi connectivity index (χ4v) is 2.00. The van der Waals surface area contributed by atoms with E-state index in [1.807, 2.05) is 0 Å². The van der Waals surface area contributed by atoms with Gasteiger partial charge in [-0.3, -0.25) is 4.99 Å². The highest BCUT2D eigenvalue weighted by atomic mass is 127. The van der Waals surface area contributed by atoms with Crippen LogP contribution >= 0.6 is 24.0 Å². The maximum atomic E-state index is 12.8. The topological polar surface area (TPSA) is 64.1 Å². The van der Waals surface area contributed by atoms with Crippen molar-refractivity contribution in [2.24, 2.45) is 4.99 Å². The molecule has 26 heavy (non-hydrogen) atoms. The third-order valence-corrected chi connectivity index (χ3v) is 3.36. The number of halogens is 2. The molecule has 0 atom stereocenters. The lowest BCUT2D eigenvalue weighted by atomic mass is 10.3. The molecule has 0 aliphatic heterocycles. The van der Waals surface area contributed by atoms with E-state index >= 15 is 0 Å². The maximum absolute atomic E-state index is 12.8. The molecule has 0 unspecified atom stereocenters. The summed E-state index contributed by atoms with van der Waals surface area (Å²) in [6, 6.07) is 6.07. The molecule has 2 N–H and O–H groups in total. The molecule has 150 valence electrons. The zero-order chi connectivity index (χ0) is 18.2. The van der Waals surface area contributed by atoms with E-state index in [0.717, 1.165) is 38.3 Å². The molecule has 0 saturated carbocycles. The molecule has 0 aromatic heterocycles. The molecule has 1 rings (SSSR count). The minimum absolute atomic E-state index is 0. The first-order valence-electron chi connectivity index (χ1n) is 8.66. The predicted octanol–water partition coefficient (Wildman–Crippen LogP) is 2.82. The van der Waals surface area contributed by atoms with Crippen molar-refractivity contribution in [2.75, 3.05) is 53.7 Å². The summed E-state index contributed by atoms with van der Waals surface area (Å²) in [6.07, 6.45) is 2.78. The minimum atomic E-state index is -0.253. The minimum Gasteiger partial charge on any atom is -0.494 e. The summed E-state index contributed by atoms with van der Waals surface area (Å²) in [6.45, 7) is 4.19. The number of nitrogens with zero attached hydrogens (tertiary/aromatic N) is 1. The zero-order valence-corrected chi connectivity index (χ0v) is 18.0. The quantitative estimate of drug-likeness (QED) is 0.196. The molecule has 8 heteroatoms. The molecule has 0 saturated heterocycles. The monoisotopic (exact) mass is 483 g/mol. The molecule has 0 fully saturated rings. The maximum Gasteiger partial charge on any atom is 0.190 e. The van der Waals surface area contributed by atoms with Crippen molar-refractivity contribution in [3.63, 3.8) is 0 Å². The van der Waals surface area contributed by atoms with Gasteiger partial charge in [0, 0.05) is 33.9 Å². The Morgan fingerprint density at radius 1 is 0.962 bits per heavy atom. The molecule has 0 radical (unpaired) electrons. The van der Waals surface area contributed by atoms with Crippen LogP contribution < -0.4 is 15.4 Å². The van der Waals surface area contributed by atoms with Gasteiger partial charge >= 0.3 is 0 Å². The van der Waals surface area contributed by atoms with Crippen molar-refractivity contribution in [2.45, 2.75) is 19.3 Å². The lowest BCUT2D eigenvalue weighted by Crippen LogP contribution is -2.38. The van der Waals surface area contributed by atoms with Crippen molar-refractivity contribution in [1.29, 1.82) is 0 Å². The van der Waals surface area contributed by atoms with Crippen molar-refractivity contribution in [3.05, 3.63) is 30.1 Å². The van der Waals surface area contributed by atoms with Gasteiger partial charge in [0.05, 0.1) is 19.8 Å². The van der Waals surface area contributed by atoms with E-state index in [1.54, 1.807) is 26.3 Å². The van der Waals surface area contributed by atoms with Gasteiger partial charge < -0.3 is 24.8 Å². The molecule has 6 nitrogen and oxygen atoms in total. The molecule has 1 aromatic carbocycles. The summed E-state index contributed by atoms with van der Waals surface area (Å²) < 4.78 is 28.6. The third-order valence-electron chi connectivity index (χ3n) is 3.36. The molecule has 0 amide bonds. The van der Waals surface area contributed by atoms with Gasteiger partial charge in [-0.25, -0.2) is 4.39 Å². The van der Waals surface area contributed by atoms with E-state index in [9.17, 15) is 4.39 Å². The van der Waals surface area contributed by atoms with E-state index in [2.05, 4.69) is 15.6 Å². The first-order valence-corrected chi connectivity index (χ1v) is 8.66. The summed E-state index contributed by atoms with van der Waals surface area (Å²) in [4.78, 5) is 4.18. The second-order valence-corrected chi connectivity index (χ2v) is 5.39. The van der Waals surface area contributed by atoms with Gasteiger partial charge in [0.2, 0.25) is 0 Å². The number of aliphatic imine (C=N–C) groups is 1.